The monoisotopic (exact) mass is 377 g/mol. The average molecular weight is 378 g/mol. The molecule has 1 aromatic rings. The number of hydrogen-bond acceptors (Lipinski definition) is 2. The molecule has 0 aromatic heterocycles. The smallest absolute Gasteiger partial charge is 0.391 e. The zero-order valence-corrected chi connectivity index (χ0v) is 14.2. The first-order chi connectivity index (χ1) is 11.6. The van der Waals surface area contributed by atoms with Crippen molar-refractivity contribution in [2.45, 2.75) is 50.7 Å². The SMILES string of the molecule is O=C(O)C(CC(F)(F)F)NC(=O)C1(Cc2cccc(Cl)c2)CCCC1. The minimum absolute atomic E-state index is 0.317. The van der Waals surface area contributed by atoms with Gasteiger partial charge in [0.05, 0.1) is 11.8 Å². The highest BCUT2D eigenvalue weighted by Crippen LogP contribution is 2.41. The minimum atomic E-state index is -4.67. The van der Waals surface area contributed by atoms with E-state index >= 15 is 0 Å². The minimum Gasteiger partial charge on any atom is -0.480 e. The molecule has 2 N–H and O–H groups in total. The van der Waals surface area contributed by atoms with Gasteiger partial charge in [0.15, 0.2) is 0 Å². The fourth-order valence-corrected chi connectivity index (χ4v) is 3.53. The summed E-state index contributed by atoms with van der Waals surface area (Å²) in [5.41, 5.74) is -0.100. The highest BCUT2D eigenvalue weighted by atomic mass is 35.5. The summed E-state index contributed by atoms with van der Waals surface area (Å²) in [6.07, 6.45) is -3.41. The third kappa shape index (κ3) is 5.36. The van der Waals surface area contributed by atoms with E-state index in [1.54, 1.807) is 24.3 Å². The molecule has 8 heteroatoms. The first-order valence-electron chi connectivity index (χ1n) is 7.96. The van der Waals surface area contributed by atoms with Crippen LogP contribution in [0.3, 0.4) is 0 Å². The lowest BCUT2D eigenvalue weighted by atomic mass is 9.79. The fourth-order valence-electron chi connectivity index (χ4n) is 3.32. The van der Waals surface area contributed by atoms with Crippen LogP contribution in [-0.4, -0.2) is 29.2 Å². The molecule has 1 atom stereocenters. The van der Waals surface area contributed by atoms with Crippen molar-refractivity contribution >= 4 is 23.5 Å². The lowest BCUT2D eigenvalue weighted by Gasteiger charge is -2.30. The van der Waals surface area contributed by atoms with Crippen LogP contribution in [0, 0.1) is 5.41 Å². The third-order valence-electron chi connectivity index (χ3n) is 4.51. The van der Waals surface area contributed by atoms with Gasteiger partial charge in [-0.15, -0.1) is 0 Å². The molecule has 0 spiro atoms. The molecule has 0 saturated heterocycles. The molecule has 1 unspecified atom stereocenters. The predicted octanol–water partition coefficient (Wildman–Crippen LogP) is 3.96. The maximum absolute atomic E-state index is 12.7. The molecule has 1 aliphatic carbocycles. The topological polar surface area (TPSA) is 66.4 Å². The van der Waals surface area contributed by atoms with Crippen LogP contribution in [0.15, 0.2) is 24.3 Å². The average Bonchev–Trinajstić information content (AvgIpc) is 2.95. The summed E-state index contributed by atoms with van der Waals surface area (Å²) < 4.78 is 37.7. The van der Waals surface area contributed by atoms with E-state index in [4.69, 9.17) is 16.7 Å². The van der Waals surface area contributed by atoms with Gasteiger partial charge in [-0.25, -0.2) is 4.79 Å². The van der Waals surface area contributed by atoms with E-state index in [0.717, 1.165) is 18.4 Å². The zero-order chi connectivity index (χ0) is 18.7. The van der Waals surface area contributed by atoms with Gasteiger partial charge in [0.25, 0.3) is 0 Å². The van der Waals surface area contributed by atoms with Crippen LogP contribution >= 0.6 is 11.6 Å². The Morgan fingerprint density at radius 1 is 1.28 bits per heavy atom. The van der Waals surface area contributed by atoms with Crippen molar-refractivity contribution in [2.24, 2.45) is 5.41 Å². The van der Waals surface area contributed by atoms with Gasteiger partial charge in [-0.2, -0.15) is 13.2 Å². The molecule has 0 aliphatic heterocycles. The third-order valence-corrected chi connectivity index (χ3v) is 4.75. The predicted molar refractivity (Wildman–Crippen MR) is 86.3 cm³/mol. The molecule has 1 aromatic carbocycles. The molecule has 1 amide bonds. The molecule has 0 radical (unpaired) electrons. The molecule has 25 heavy (non-hydrogen) atoms. The van der Waals surface area contributed by atoms with E-state index in [-0.39, 0.29) is 0 Å². The summed E-state index contributed by atoms with van der Waals surface area (Å²) in [5.74, 6) is -2.33. The molecule has 4 nitrogen and oxygen atoms in total. The summed E-state index contributed by atoms with van der Waals surface area (Å²) in [4.78, 5) is 23.8. The second-order valence-electron chi connectivity index (χ2n) is 6.48. The van der Waals surface area contributed by atoms with E-state index in [0.29, 0.717) is 24.3 Å². The highest BCUT2D eigenvalue weighted by Gasteiger charge is 2.44. The normalized spacial score (nSPS) is 17.9. The molecular weight excluding hydrogens is 359 g/mol. The van der Waals surface area contributed by atoms with E-state index in [1.165, 1.54) is 0 Å². The van der Waals surface area contributed by atoms with Crippen LogP contribution in [0.4, 0.5) is 13.2 Å². The van der Waals surface area contributed by atoms with Gasteiger partial charge in [-0.3, -0.25) is 4.79 Å². The van der Waals surface area contributed by atoms with Gasteiger partial charge < -0.3 is 10.4 Å². The maximum Gasteiger partial charge on any atom is 0.391 e. The Kier molecular flexibility index (Phi) is 5.98. The Bertz CT molecular complexity index is 642. The number of carboxylic acids is 1. The van der Waals surface area contributed by atoms with Crippen molar-refractivity contribution in [3.63, 3.8) is 0 Å². The van der Waals surface area contributed by atoms with Crippen LogP contribution < -0.4 is 5.32 Å². The summed E-state index contributed by atoms with van der Waals surface area (Å²) >= 11 is 5.95. The molecule has 2 rings (SSSR count). The Morgan fingerprint density at radius 3 is 2.44 bits per heavy atom. The number of rotatable bonds is 6. The lowest BCUT2D eigenvalue weighted by molar-refractivity contribution is -0.161. The van der Waals surface area contributed by atoms with Gasteiger partial charge in [0, 0.05) is 5.02 Å². The van der Waals surface area contributed by atoms with E-state index < -0.39 is 35.9 Å². The second-order valence-corrected chi connectivity index (χ2v) is 6.91. The lowest BCUT2D eigenvalue weighted by Crippen LogP contribution is -2.50. The van der Waals surface area contributed by atoms with Gasteiger partial charge in [0.2, 0.25) is 5.91 Å². The number of amides is 1. The number of benzene rings is 1. The van der Waals surface area contributed by atoms with Crippen LogP contribution in [0.1, 0.15) is 37.7 Å². The van der Waals surface area contributed by atoms with Crippen molar-refractivity contribution < 1.29 is 27.9 Å². The number of carbonyl (C=O) groups is 2. The Hall–Kier alpha value is -1.76. The standard InChI is InChI=1S/C17H19ClF3NO3/c18-12-5-3-4-11(8-12)9-16(6-1-2-7-16)15(25)22-13(14(23)24)10-17(19,20)21/h3-5,8,13H,1-2,6-7,9-10H2,(H,22,25)(H,23,24). The Morgan fingerprint density at radius 2 is 1.92 bits per heavy atom. The summed E-state index contributed by atoms with van der Waals surface area (Å²) in [7, 11) is 0. The number of aliphatic carboxylic acids is 1. The van der Waals surface area contributed by atoms with Crippen LogP contribution in [0.25, 0.3) is 0 Å². The highest BCUT2D eigenvalue weighted by molar-refractivity contribution is 6.30. The number of nitrogens with one attached hydrogen (secondary N) is 1. The number of halogens is 4. The summed E-state index contributed by atoms with van der Waals surface area (Å²) in [6.45, 7) is 0. The van der Waals surface area contributed by atoms with Crippen LogP contribution in [0.2, 0.25) is 5.02 Å². The molecule has 138 valence electrons. The Labute approximate surface area is 148 Å². The number of alkyl halides is 3. The van der Waals surface area contributed by atoms with Gasteiger partial charge in [-0.05, 0) is 37.0 Å². The number of carbonyl (C=O) groups excluding carboxylic acids is 1. The van der Waals surface area contributed by atoms with Crippen LogP contribution in [0.5, 0.6) is 0 Å². The largest absolute Gasteiger partial charge is 0.480 e. The molecule has 1 saturated carbocycles. The first-order valence-corrected chi connectivity index (χ1v) is 8.34. The maximum atomic E-state index is 12.7. The van der Waals surface area contributed by atoms with Crippen LogP contribution in [-0.2, 0) is 16.0 Å². The molecule has 0 bridgehead atoms. The molecule has 0 heterocycles. The van der Waals surface area contributed by atoms with Crippen molar-refractivity contribution in [1.82, 2.24) is 5.32 Å². The van der Waals surface area contributed by atoms with E-state index in [1.807, 2.05) is 0 Å². The van der Waals surface area contributed by atoms with Crippen molar-refractivity contribution in [1.29, 1.82) is 0 Å². The zero-order valence-electron chi connectivity index (χ0n) is 13.4. The van der Waals surface area contributed by atoms with Crippen molar-refractivity contribution in [2.75, 3.05) is 0 Å². The number of hydrogen-bond donors (Lipinski definition) is 2. The van der Waals surface area contributed by atoms with Gasteiger partial charge in [-0.1, -0.05) is 36.6 Å². The summed E-state index contributed by atoms with van der Waals surface area (Å²) in [6, 6.07) is 4.95. The van der Waals surface area contributed by atoms with Crippen molar-refractivity contribution in [3.05, 3.63) is 34.9 Å². The molecular formula is C17H19ClF3NO3. The Balaban J connectivity index is 2.18. The number of carboxylic acid groups (broad SMARTS) is 1. The van der Waals surface area contributed by atoms with E-state index in [2.05, 4.69) is 5.32 Å². The van der Waals surface area contributed by atoms with Gasteiger partial charge >= 0.3 is 12.1 Å². The molecule has 1 aliphatic rings. The summed E-state index contributed by atoms with van der Waals surface area (Å²) in [5, 5.41) is 11.6. The first kappa shape index (κ1) is 19.6. The molecule has 1 fully saturated rings. The van der Waals surface area contributed by atoms with Crippen molar-refractivity contribution in [3.8, 4) is 0 Å². The fraction of sp³-hybridized carbons (Fsp3) is 0.529. The van der Waals surface area contributed by atoms with Gasteiger partial charge in [0.1, 0.15) is 6.04 Å². The quantitative estimate of drug-likeness (QED) is 0.788. The second kappa shape index (κ2) is 7.64. The van der Waals surface area contributed by atoms with E-state index in [9.17, 15) is 22.8 Å².